The molecule has 3 aromatic rings. The number of carbonyl (C=O) groups is 2. The Morgan fingerprint density at radius 3 is 2.00 bits per heavy atom. The zero-order valence-electron chi connectivity index (χ0n) is 17.0. The Balaban J connectivity index is 2.01. The van der Waals surface area contributed by atoms with Crippen LogP contribution >= 0.6 is 0 Å². The Labute approximate surface area is 188 Å². The highest BCUT2D eigenvalue weighted by molar-refractivity contribution is 7.85. The Hall–Kier alpha value is -3.87. The number of rotatable bonds is 9. The average Bonchev–Trinajstić information content (AvgIpc) is 2.73. The van der Waals surface area contributed by atoms with Crippen LogP contribution in [0.1, 0.15) is 5.56 Å². The van der Waals surface area contributed by atoms with E-state index in [0.717, 1.165) is 4.90 Å². The first-order chi connectivity index (χ1) is 15.5. The molecule has 4 N–H and O–H groups in total. The summed E-state index contributed by atoms with van der Waals surface area (Å²) in [6.07, 6.45) is 0. The van der Waals surface area contributed by atoms with Gasteiger partial charge in [0.25, 0.3) is 10.1 Å². The minimum atomic E-state index is -4.34. The van der Waals surface area contributed by atoms with E-state index in [-0.39, 0.29) is 22.8 Å². The number of hydrogen-bond donors (Lipinski definition) is 4. The minimum Gasteiger partial charge on any atom is -0.507 e. The fourth-order valence-electron chi connectivity index (χ4n) is 3.19. The number of hydrogen-bond acceptors (Lipinski definition) is 8. The molecule has 0 saturated carbocycles. The Morgan fingerprint density at radius 2 is 1.45 bits per heavy atom. The lowest BCUT2D eigenvalue weighted by molar-refractivity contribution is -0.142. The molecule has 12 heteroatoms. The van der Waals surface area contributed by atoms with Gasteiger partial charge in [0.15, 0.2) is 0 Å². The van der Waals surface area contributed by atoms with Gasteiger partial charge in [-0.25, -0.2) is 0 Å². The molecule has 0 spiro atoms. The maximum atomic E-state index is 11.2. The van der Waals surface area contributed by atoms with Gasteiger partial charge < -0.3 is 15.3 Å². The first-order valence-electron chi connectivity index (χ1n) is 9.43. The normalized spacial score (nSPS) is 11.9. The molecule has 0 atom stereocenters. The maximum absolute atomic E-state index is 11.2. The fourth-order valence-corrected chi connectivity index (χ4v) is 3.67. The van der Waals surface area contributed by atoms with Crippen molar-refractivity contribution in [3.8, 4) is 5.75 Å². The van der Waals surface area contributed by atoms with Crippen molar-refractivity contribution in [2.45, 2.75) is 11.4 Å². The molecular formula is C21H19N3O8S. The van der Waals surface area contributed by atoms with E-state index in [9.17, 15) is 23.1 Å². The Kier molecular flexibility index (Phi) is 7.01. The summed E-state index contributed by atoms with van der Waals surface area (Å²) in [4.78, 5) is 23.1. The molecule has 33 heavy (non-hydrogen) atoms. The molecule has 0 saturated heterocycles. The molecule has 0 amide bonds. The van der Waals surface area contributed by atoms with Crippen LogP contribution in [-0.4, -0.2) is 58.2 Å². The molecule has 0 aromatic heterocycles. The lowest BCUT2D eigenvalue weighted by atomic mass is 10.0. The van der Waals surface area contributed by atoms with Gasteiger partial charge in [0.1, 0.15) is 5.75 Å². The van der Waals surface area contributed by atoms with Crippen LogP contribution in [0, 0.1) is 0 Å². The Morgan fingerprint density at radius 1 is 0.879 bits per heavy atom. The van der Waals surface area contributed by atoms with Crippen LogP contribution in [0.25, 0.3) is 10.8 Å². The number of carboxylic acids is 2. The number of fused-ring (bicyclic) bond motifs is 1. The van der Waals surface area contributed by atoms with Crippen LogP contribution in [0.15, 0.2) is 69.7 Å². The monoisotopic (exact) mass is 473 g/mol. The van der Waals surface area contributed by atoms with Gasteiger partial charge in [-0.3, -0.25) is 19.0 Å². The summed E-state index contributed by atoms with van der Waals surface area (Å²) in [5.74, 6) is -2.57. The van der Waals surface area contributed by atoms with Crippen LogP contribution in [-0.2, 0) is 26.3 Å². The van der Waals surface area contributed by atoms with Crippen LogP contribution < -0.4 is 0 Å². The minimum absolute atomic E-state index is 0.136. The van der Waals surface area contributed by atoms with Gasteiger partial charge >= 0.3 is 11.9 Å². The summed E-state index contributed by atoms with van der Waals surface area (Å²) in [5.41, 5.74) is 0.870. The van der Waals surface area contributed by atoms with E-state index in [2.05, 4.69) is 10.2 Å². The smallest absolute Gasteiger partial charge is 0.317 e. The third-order valence-corrected chi connectivity index (χ3v) is 5.46. The van der Waals surface area contributed by atoms with Gasteiger partial charge in [-0.15, -0.1) is 5.11 Å². The van der Waals surface area contributed by atoms with Gasteiger partial charge in [-0.05, 0) is 30.3 Å². The number of phenolic OH excluding ortho intramolecular Hbond substituents is 1. The second kappa shape index (κ2) is 9.73. The molecule has 11 nitrogen and oxygen atoms in total. The summed E-state index contributed by atoms with van der Waals surface area (Å²) in [7, 11) is -4.34. The third kappa shape index (κ3) is 6.10. The number of azo groups is 1. The van der Waals surface area contributed by atoms with Gasteiger partial charge in [-0.2, -0.15) is 13.5 Å². The Bertz CT molecular complexity index is 1320. The highest BCUT2D eigenvalue weighted by Gasteiger charge is 2.18. The first kappa shape index (κ1) is 23.8. The molecule has 172 valence electrons. The number of carboxylic acid groups (broad SMARTS) is 2. The van der Waals surface area contributed by atoms with Crippen LogP contribution in [0.3, 0.4) is 0 Å². The number of phenols is 1. The van der Waals surface area contributed by atoms with E-state index in [1.807, 2.05) is 0 Å². The first-order valence-corrected chi connectivity index (χ1v) is 10.9. The van der Waals surface area contributed by atoms with Crippen LogP contribution in [0.4, 0.5) is 11.4 Å². The van der Waals surface area contributed by atoms with Gasteiger partial charge in [0.05, 0.1) is 29.4 Å². The molecule has 0 radical (unpaired) electrons. The summed E-state index contributed by atoms with van der Waals surface area (Å²) < 4.78 is 31.4. The molecule has 0 unspecified atom stereocenters. The summed E-state index contributed by atoms with van der Waals surface area (Å²) in [6, 6.07) is 13.2. The molecule has 3 aromatic carbocycles. The summed E-state index contributed by atoms with van der Waals surface area (Å²) in [6.45, 7) is -1.26. The van der Waals surface area contributed by atoms with E-state index in [0.29, 0.717) is 22.1 Å². The van der Waals surface area contributed by atoms with Gasteiger partial charge in [-0.1, -0.05) is 24.3 Å². The highest BCUT2D eigenvalue weighted by Crippen LogP contribution is 2.37. The summed E-state index contributed by atoms with van der Waals surface area (Å²) in [5, 5.41) is 38.0. The maximum Gasteiger partial charge on any atom is 0.317 e. The van der Waals surface area contributed by atoms with Crippen LogP contribution in [0.2, 0.25) is 0 Å². The van der Waals surface area contributed by atoms with E-state index in [4.69, 9.17) is 14.8 Å². The number of benzene rings is 3. The van der Waals surface area contributed by atoms with Crippen molar-refractivity contribution < 1.29 is 37.9 Å². The average molecular weight is 473 g/mol. The van der Waals surface area contributed by atoms with Crippen molar-refractivity contribution in [3.05, 3.63) is 60.2 Å². The predicted octanol–water partition coefficient (Wildman–Crippen LogP) is 3.18. The molecule has 0 heterocycles. The van der Waals surface area contributed by atoms with E-state index < -0.39 is 35.1 Å². The quantitative estimate of drug-likeness (QED) is 0.268. The number of aliphatic carboxylic acids is 2. The van der Waals surface area contributed by atoms with Crippen molar-refractivity contribution in [3.63, 3.8) is 0 Å². The predicted molar refractivity (Wildman–Crippen MR) is 117 cm³/mol. The SMILES string of the molecule is O=C(O)CN(CC(=O)O)Cc1cc(N=Nc2ccc(S(=O)(=O)O)cc2)c2ccccc2c1O. The zero-order chi connectivity index (χ0) is 24.2. The summed E-state index contributed by atoms with van der Waals surface area (Å²) >= 11 is 0. The lowest BCUT2D eigenvalue weighted by Gasteiger charge is -2.19. The zero-order valence-corrected chi connectivity index (χ0v) is 17.8. The highest BCUT2D eigenvalue weighted by atomic mass is 32.2. The molecular weight excluding hydrogens is 454 g/mol. The molecule has 3 rings (SSSR count). The second-order valence-electron chi connectivity index (χ2n) is 7.05. The van der Waals surface area contributed by atoms with E-state index >= 15 is 0 Å². The van der Waals surface area contributed by atoms with Crippen molar-refractivity contribution in [2.24, 2.45) is 10.2 Å². The van der Waals surface area contributed by atoms with Crippen molar-refractivity contribution >= 4 is 44.2 Å². The van der Waals surface area contributed by atoms with Crippen molar-refractivity contribution in [1.29, 1.82) is 0 Å². The molecule has 0 aliphatic carbocycles. The van der Waals surface area contributed by atoms with E-state index in [1.165, 1.54) is 30.3 Å². The van der Waals surface area contributed by atoms with Gasteiger partial charge in [0.2, 0.25) is 0 Å². The number of nitrogens with zero attached hydrogens (tertiary/aromatic N) is 3. The second-order valence-corrected chi connectivity index (χ2v) is 8.47. The lowest BCUT2D eigenvalue weighted by Crippen LogP contribution is -2.34. The standard InChI is InChI=1S/C21H19N3O8S/c25-19(26)11-24(12-20(27)28)10-13-9-18(16-3-1-2-4-17(16)21(13)29)23-22-14-5-7-15(8-6-14)33(30,31)32/h1-9,29H,10-12H2,(H,25,26)(H,27,28)(H,30,31,32). The number of aromatic hydroxyl groups is 1. The van der Waals surface area contributed by atoms with E-state index in [1.54, 1.807) is 24.3 Å². The van der Waals surface area contributed by atoms with Gasteiger partial charge in [0, 0.05) is 22.9 Å². The third-order valence-electron chi connectivity index (χ3n) is 4.59. The molecule has 0 aliphatic rings. The molecule has 0 bridgehead atoms. The topological polar surface area (TPSA) is 177 Å². The fraction of sp³-hybridized carbons (Fsp3) is 0.143. The molecule has 0 fully saturated rings. The van der Waals surface area contributed by atoms with Crippen molar-refractivity contribution in [1.82, 2.24) is 4.90 Å². The van der Waals surface area contributed by atoms with Crippen molar-refractivity contribution in [2.75, 3.05) is 13.1 Å². The van der Waals surface area contributed by atoms with Crippen LogP contribution in [0.5, 0.6) is 5.75 Å². The molecule has 0 aliphatic heterocycles. The largest absolute Gasteiger partial charge is 0.507 e.